The van der Waals surface area contributed by atoms with Crippen molar-refractivity contribution in [3.05, 3.63) is 29.3 Å². The molecule has 0 aromatic heterocycles. The van der Waals surface area contributed by atoms with E-state index in [4.69, 9.17) is 11.6 Å². The smallest absolute Gasteiger partial charge is 0.406 e. The third-order valence-electron chi connectivity index (χ3n) is 1.03. The van der Waals surface area contributed by atoms with Crippen LogP contribution in [0.1, 0.15) is 0 Å². The third kappa shape index (κ3) is 3.00. The van der Waals surface area contributed by atoms with Crippen LogP contribution < -0.4 is 4.74 Å². The summed E-state index contributed by atoms with van der Waals surface area (Å²) in [4.78, 5) is 0. The van der Waals surface area contributed by atoms with Crippen molar-refractivity contribution in [3.8, 4) is 5.75 Å². The van der Waals surface area contributed by atoms with Crippen molar-refractivity contribution in [2.45, 2.75) is 6.36 Å². The number of alkyl halides is 3. The van der Waals surface area contributed by atoms with Gasteiger partial charge in [-0.05, 0) is 18.2 Å². The van der Waals surface area contributed by atoms with E-state index in [1.54, 1.807) is 0 Å². The summed E-state index contributed by atoms with van der Waals surface area (Å²) in [6.07, 6.45) is -4.66. The first-order valence-electron chi connectivity index (χ1n) is 2.99. The fourth-order valence-electron chi connectivity index (χ4n) is 0.664. The number of hydrogen-bond acceptors (Lipinski definition) is 1. The van der Waals surface area contributed by atoms with Crippen LogP contribution in [0.4, 0.5) is 13.2 Å². The molecule has 0 saturated carbocycles. The first-order chi connectivity index (χ1) is 5.47. The zero-order valence-electron chi connectivity index (χ0n) is 5.73. The summed E-state index contributed by atoms with van der Waals surface area (Å²) < 4.78 is 38.4. The van der Waals surface area contributed by atoms with Crippen LogP contribution in [0.2, 0.25) is 5.02 Å². The number of halogens is 4. The highest BCUT2D eigenvalue weighted by atomic mass is 35.5. The Labute approximate surface area is 71.7 Å². The van der Waals surface area contributed by atoms with Crippen molar-refractivity contribution in [1.29, 1.82) is 0 Å². The van der Waals surface area contributed by atoms with Crippen LogP contribution in [0, 0.1) is 0 Å². The molecule has 0 unspecified atom stereocenters. The molecule has 0 saturated heterocycles. The second-order valence-corrected chi connectivity index (χ2v) is 2.44. The molecule has 0 aliphatic heterocycles. The minimum atomic E-state index is -4.66. The van der Waals surface area contributed by atoms with Crippen LogP contribution in [0.15, 0.2) is 24.3 Å². The van der Waals surface area contributed by atoms with Crippen molar-refractivity contribution < 1.29 is 17.9 Å². The summed E-state index contributed by atoms with van der Waals surface area (Å²) in [7, 11) is 0. The van der Waals surface area contributed by atoms with Crippen molar-refractivity contribution in [2.75, 3.05) is 0 Å². The molecule has 0 heterocycles. The van der Waals surface area contributed by atoms with E-state index in [-0.39, 0.29) is 10.8 Å². The van der Waals surface area contributed by atoms with Gasteiger partial charge in [0.1, 0.15) is 5.75 Å². The van der Waals surface area contributed by atoms with E-state index >= 15 is 0 Å². The van der Waals surface area contributed by atoms with E-state index in [1.165, 1.54) is 18.2 Å². The summed E-state index contributed by atoms with van der Waals surface area (Å²) in [6.45, 7) is 0. The van der Waals surface area contributed by atoms with Crippen molar-refractivity contribution in [1.82, 2.24) is 0 Å². The fraction of sp³-hybridized carbons (Fsp3) is 0.143. The van der Waals surface area contributed by atoms with Gasteiger partial charge in [-0.3, -0.25) is 0 Å². The average Bonchev–Trinajstić information content (AvgIpc) is 1.82. The first-order valence-corrected chi connectivity index (χ1v) is 3.36. The molecule has 0 spiro atoms. The Kier molecular flexibility index (Phi) is 2.47. The monoisotopic (exact) mass is 196 g/mol. The molecule has 0 bridgehead atoms. The zero-order valence-corrected chi connectivity index (χ0v) is 6.49. The summed E-state index contributed by atoms with van der Waals surface area (Å²) in [5.74, 6) is -0.310. The maximum atomic E-state index is 11.6. The van der Waals surface area contributed by atoms with Gasteiger partial charge in [0.2, 0.25) is 0 Å². The molecule has 1 rings (SSSR count). The lowest BCUT2D eigenvalue weighted by Crippen LogP contribution is -2.16. The molecule has 1 aromatic rings. The van der Waals surface area contributed by atoms with E-state index in [0.29, 0.717) is 0 Å². The molecule has 5 heteroatoms. The van der Waals surface area contributed by atoms with Crippen molar-refractivity contribution in [3.63, 3.8) is 0 Å². The van der Waals surface area contributed by atoms with Gasteiger partial charge in [0, 0.05) is 5.02 Å². The Balaban J connectivity index is 2.77. The van der Waals surface area contributed by atoms with Crippen LogP contribution in [0.3, 0.4) is 0 Å². The third-order valence-corrected chi connectivity index (χ3v) is 1.26. The molecule has 12 heavy (non-hydrogen) atoms. The lowest BCUT2D eigenvalue weighted by molar-refractivity contribution is -0.274. The molecular formula is C7H4ClF3O. The van der Waals surface area contributed by atoms with Crippen molar-refractivity contribution >= 4 is 11.6 Å². The van der Waals surface area contributed by atoms with Crippen LogP contribution in [-0.4, -0.2) is 6.36 Å². The first kappa shape index (κ1) is 9.19. The minimum absolute atomic E-state index is 0.205. The quantitative estimate of drug-likeness (QED) is 0.670. The van der Waals surface area contributed by atoms with E-state index in [2.05, 4.69) is 4.74 Å². The largest absolute Gasteiger partial charge is 0.573 e. The molecule has 0 fully saturated rings. The van der Waals surface area contributed by atoms with Crippen LogP contribution in [0.5, 0.6) is 5.75 Å². The Morgan fingerprint density at radius 1 is 1.25 bits per heavy atom. The van der Waals surface area contributed by atoms with Gasteiger partial charge in [0.15, 0.2) is 0 Å². The highest BCUT2D eigenvalue weighted by Gasteiger charge is 2.30. The lowest BCUT2D eigenvalue weighted by Gasteiger charge is -2.07. The van der Waals surface area contributed by atoms with E-state index in [9.17, 15) is 13.2 Å². The number of ether oxygens (including phenoxy) is 1. The van der Waals surface area contributed by atoms with Gasteiger partial charge in [0.25, 0.3) is 0 Å². The maximum Gasteiger partial charge on any atom is 0.573 e. The second kappa shape index (κ2) is 3.23. The Morgan fingerprint density at radius 2 is 1.92 bits per heavy atom. The topological polar surface area (TPSA) is 9.23 Å². The number of rotatable bonds is 1. The molecule has 0 amide bonds. The summed E-state index contributed by atoms with van der Waals surface area (Å²) in [5, 5.41) is 0.205. The number of hydrogen-bond donors (Lipinski definition) is 0. The SMILES string of the molecule is FC(F)(F)Oc1cccc(Cl)c1. The predicted molar refractivity (Wildman–Crippen MR) is 38.1 cm³/mol. The predicted octanol–water partition coefficient (Wildman–Crippen LogP) is 3.24. The van der Waals surface area contributed by atoms with Gasteiger partial charge in [-0.15, -0.1) is 13.2 Å². The Bertz CT molecular complexity index is 272. The summed E-state index contributed by atoms with van der Waals surface area (Å²) in [5.41, 5.74) is 0. The van der Waals surface area contributed by atoms with E-state index in [1.807, 2.05) is 0 Å². The van der Waals surface area contributed by atoms with Crippen LogP contribution in [0.25, 0.3) is 0 Å². The van der Waals surface area contributed by atoms with E-state index in [0.717, 1.165) is 6.07 Å². The molecule has 0 aliphatic rings. The Morgan fingerprint density at radius 3 is 2.42 bits per heavy atom. The van der Waals surface area contributed by atoms with Gasteiger partial charge in [0.05, 0.1) is 0 Å². The van der Waals surface area contributed by atoms with Gasteiger partial charge in [-0.1, -0.05) is 17.7 Å². The molecule has 1 aromatic carbocycles. The lowest BCUT2D eigenvalue weighted by atomic mass is 10.3. The standard InChI is InChI=1S/C7H4ClF3O/c8-5-2-1-3-6(4-5)12-7(9,10)11/h1-4H. The molecule has 66 valence electrons. The highest BCUT2D eigenvalue weighted by Crippen LogP contribution is 2.24. The summed E-state index contributed by atoms with van der Waals surface area (Å²) >= 11 is 5.43. The zero-order chi connectivity index (χ0) is 9.19. The Hall–Kier alpha value is -0.900. The average molecular weight is 197 g/mol. The summed E-state index contributed by atoms with van der Waals surface area (Å²) in [6, 6.07) is 5.11. The molecular weight excluding hydrogens is 193 g/mol. The van der Waals surface area contributed by atoms with Gasteiger partial charge >= 0.3 is 6.36 Å². The highest BCUT2D eigenvalue weighted by molar-refractivity contribution is 6.30. The molecule has 0 atom stereocenters. The molecule has 0 radical (unpaired) electrons. The molecule has 0 N–H and O–H groups in total. The van der Waals surface area contributed by atoms with Crippen LogP contribution >= 0.6 is 11.6 Å². The normalized spacial score (nSPS) is 11.3. The molecule has 1 nitrogen and oxygen atoms in total. The van der Waals surface area contributed by atoms with Gasteiger partial charge in [-0.2, -0.15) is 0 Å². The fourth-order valence-corrected chi connectivity index (χ4v) is 0.844. The van der Waals surface area contributed by atoms with Gasteiger partial charge < -0.3 is 4.74 Å². The second-order valence-electron chi connectivity index (χ2n) is 2.01. The van der Waals surface area contributed by atoms with Crippen molar-refractivity contribution in [2.24, 2.45) is 0 Å². The van der Waals surface area contributed by atoms with Crippen LogP contribution in [-0.2, 0) is 0 Å². The number of benzene rings is 1. The van der Waals surface area contributed by atoms with E-state index < -0.39 is 6.36 Å². The molecule has 0 aliphatic carbocycles. The van der Waals surface area contributed by atoms with Gasteiger partial charge in [-0.25, -0.2) is 0 Å². The maximum absolute atomic E-state index is 11.6. The minimum Gasteiger partial charge on any atom is -0.406 e.